The number of methoxy groups -OCH3 is 1. The van der Waals surface area contributed by atoms with Crippen LogP contribution in [0.3, 0.4) is 0 Å². The molecule has 172 valence electrons. The third-order valence-electron chi connectivity index (χ3n) is 5.93. The number of carbonyl (C=O) groups excluding carboxylic acids is 2. The zero-order chi connectivity index (χ0) is 22.9. The molecule has 1 aliphatic heterocycles. The minimum Gasteiger partial charge on any atom is -0.508 e. The third kappa shape index (κ3) is 7.27. The Kier molecular flexibility index (Phi) is 8.50. The van der Waals surface area contributed by atoms with Crippen LogP contribution in [0, 0.1) is 12.8 Å². The van der Waals surface area contributed by atoms with Gasteiger partial charge in [-0.1, -0.05) is 18.2 Å². The molecule has 7 heteroatoms. The molecular weight excluding hydrogens is 406 g/mol. The molecule has 0 aliphatic carbocycles. The predicted molar refractivity (Wildman–Crippen MR) is 125 cm³/mol. The van der Waals surface area contributed by atoms with E-state index in [2.05, 4.69) is 15.5 Å². The van der Waals surface area contributed by atoms with Gasteiger partial charge in [0, 0.05) is 0 Å². The van der Waals surface area contributed by atoms with E-state index in [0.29, 0.717) is 29.6 Å². The predicted octanol–water partition coefficient (Wildman–Crippen LogP) is 3.11. The molecule has 0 atom stereocenters. The molecule has 1 fully saturated rings. The van der Waals surface area contributed by atoms with Crippen molar-refractivity contribution in [3.8, 4) is 11.5 Å². The van der Waals surface area contributed by atoms with Crippen molar-refractivity contribution < 1.29 is 19.4 Å². The van der Waals surface area contributed by atoms with Gasteiger partial charge in [-0.05, 0) is 87.0 Å². The van der Waals surface area contributed by atoms with E-state index in [-0.39, 0.29) is 18.4 Å². The molecular formula is C25H33N3O4. The summed E-state index contributed by atoms with van der Waals surface area (Å²) in [5, 5.41) is 14.9. The van der Waals surface area contributed by atoms with Crippen molar-refractivity contribution >= 4 is 17.5 Å². The Morgan fingerprint density at radius 3 is 2.50 bits per heavy atom. The SMILES string of the molecule is COc1ccc(C)cc1NC(=O)CNC(=O)CN1CCC(CCc2ccc(O)cc2)CC1. The van der Waals surface area contributed by atoms with Crippen LogP contribution >= 0.6 is 0 Å². The fourth-order valence-corrected chi connectivity index (χ4v) is 4.02. The van der Waals surface area contributed by atoms with E-state index < -0.39 is 0 Å². The minimum absolute atomic E-state index is 0.0704. The van der Waals surface area contributed by atoms with Crippen molar-refractivity contribution in [3.05, 3.63) is 53.6 Å². The third-order valence-corrected chi connectivity index (χ3v) is 5.93. The Labute approximate surface area is 189 Å². The number of aromatic hydroxyl groups is 1. The first-order valence-corrected chi connectivity index (χ1v) is 11.1. The number of nitrogens with zero attached hydrogens (tertiary/aromatic N) is 1. The Morgan fingerprint density at radius 2 is 1.81 bits per heavy atom. The maximum atomic E-state index is 12.3. The number of nitrogens with one attached hydrogen (secondary N) is 2. The molecule has 3 rings (SSSR count). The Hall–Kier alpha value is -3.06. The molecule has 2 aromatic rings. The number of aryl methyl sites for hydroxylation is 2. The topological polar surface area (TPSA) is 90.9 Å². The largest absolute Gasteiger partial charge is 0.508 e. The molecule has 7 nitrogen and oxygen atoms in total. The Morgan fingerprint density at radius 1 is 1.09 bits per heavy atom. The first kappa shape index (κ1) is 23.6. The molecule has 1 saturated heterocycles. The molecule has 0 bridgehead atoms. The normalized spacial score (nSPS) is 14.7. The van der Waals surface area contributed by atoms with Crippen molar-refractivity contribution in [1.82, 2.24) is 10.2 Å². The molecule has 0 unspecified atom stereocenters. The van der Waals surface area contributed by atoms with E-state index >= 15 is 0 Å². The Balaban J connectivity index is 1.34. The van der Waals surface area contributed by atoms with E-state index in [1.165, 1.54) is 5.56 Å². The summed E-state index contributed by atoms with van der Waals surface area (Å²) >= 11 is 0. The summed E-state index contributed by atoms with van der Waals surface area (Å²) in [4.78, 5) is 26.7. The monoisotopic (exact) mass is 439 g/mol. The lowest BCUT2D eigenvalue weighted by Crippen LogP contribution is -2.43. The number of likely N-dealkylation sites (tertiary alicyclic amines) is 1. The van der Waals surface area contributed by atoms with Crippen LogP contribution in [0.5, 0.6) is 11.5 Å². The number of ether oxygens (including phenoxy) is 1. The van der Waals surface area contributed by atoms with Crippen LogP contribution < -0.4 is 15.4 Å². The summed E-state index contributed by atoms with van der Waals surface area (Å²) in [7, 11) is 1.55. The highest BCUT2D eigenvalue weighted by Gasteiger charge is 2.21. The molecule has 0 spiro atoms. The standard InChI is InChI=1S/C25H33N3O4/c1-18-3-10-23(32-2)22(15-18)27-24(30)16-26-25(31)17-28-13-11-20(12-14-28)5-4-19-6-8-21(29)9-7-19/h3,6-10,15,20,29H,4-5,11-14,16-17H2,1-2H3,(H,26,31)(H,27,30). The molecule has 32 heavy (non-hydrogen) atoms. The van der Waals surface area contributed by atoms with Gasteiger partial charge in [0.15, 0.2) is 0 Å². The van der Waals surface area contributed by atoms with Crippen LogP contribution in [0.25, 0.3) is 0 Å². The van der Waals surface area contributed by atoms with Crippen molar-refractivity contribution in [2.75, 3.05) is 38.6 Å². The molecule has 1 aliphatic rings. The molecule has 1 heterocycles. The smallest absolute Gasteiger partial charge is 0.243 e. The van der Waals surface area contributed by atoms with Gasteiger partial charge in [0.2, 0.25) is 11.8 Å². The average molecular weight is 440 g/mol. The second-order valence-corrected chi connectivity index (χ2v) is 8.45. The zero-order valence-electron chi connectivity index (χ0n) is 18.9. The van der Waals surface area contributed by atoms with E-state index in [0.717, 1.165) is 44.3 Å². The number of amides is 2. The summed E-state index contributed by atoms with van der Waals surface area (Å²) in [6.07, 6.45) is 4.26. The highest BCUT2D eigenvalue weighted by Crippen LogP contribution is 2.25. The molecule has 0 saturated carbocycles. The lowest BCUT2D eigenvalue weighted by atomic mass is 9.90. The van der Waals surface area contributed by atoms with Gasteiger partial charge in [-0.3, -0.25) is 14.5 Å². The summed E-state index contributed by atoms with van der Waals surface area (Å²) in [6.45, 7) is 3.96. The van der Waals surface area contributed by atoms with Crippen molar-refractivity contribution in [2.24, 2.45) is 5.92 Å². The summed E-state index contributed by atoms with van der Waals surface area (Å²) < 4.78 is 5.26. The fraction of sp³-hybridized carbons (Fsp3) is 0.440. The summed E-state index contributed by atoms with van der Waals surface area (Å²) in [5.41, 5.74) is 2.85. The fourth-order valence-electron chi connectivity index (χ4n) is 4.02. The van der Waals surface area contributed by atoms with Crippen molar-refractivity contribution in [1.29, 1.82) is 0 Å². The van der Waals surface area contributed by atoms with Gasteiger partial charge in [0.1, 0.15) is 11.5 Å². The van der Waals surface area contributed by atoms with Crippen LogP contribution in [0.2, 0.25) is 0 Å². The lowest BCUT2D eigenvalue weighted by molar-refractivity contribution is -0.125. The molecule has 2 amide bonds. The van der Waals surface area contributed by atoms with Crippen molar-refractivity contribution in [3.63, 3.8) is 0 Å². The number of rotatable bonds is 9. The van der Waals surface area contributed by atoms with Crippen molar-refractivity contribution in [2.45, 2.75) is 32.6 Å². The van der Waals surface area contributed by atoms with E-state index in [1.807, 2.05) is 31.2 Å². The van der Waals surface area contributed by atoms with Crippen LogP contribution in [0.15, 0.2) is 42.5 Å². The number of hydrogen-bond acceptors (Lipinski definition) is 5. The van der Waals surface area contributed by atoms with E-state index in [4.69, 9.17) is 4.74 Å². The number of phenolic OH excluding ortho intramolecular Hbond substituents is 1. The van der Waals surface area contributed by atoms with Crippen LogP contribution in [-0.2, 0) is 16.0 Å². The van der Waals surface area contributed by atoms with Gasteiger partial charge in [-0.15, -0.1) is 0 Å². The molecule has 0 aromatic heterocycles. The first-order chi connectivity index (χ1) is 15.4. The van der Waals surface area contributed by atoms with Gasteiger partial charge in [-0.2, -0.15) is 0 Å². The van der Waals surface area contributed by atoms with Gasteiger partial charge in [-0.25, -0.2) is 0 Å². The number of carbonyl (C=O) groups is 2. The van der Waals surface area contributed by atoms with Crippen LogP contribution in [0.1, 0.15) is 30.4 Å². The maximum Gasteiger partial charge on any atom is 0.243 e. The van der Waals surface area contributed by atoms with Gasteiger partial charge >= 0.3 is 0 Å². The maximum absolute atomic E-state index is 12.3. The highest BCUT2D eigenvalue weighted by molar-refractivity contribution is 5.96. The summed E-state index contributed by atoms with van der Waals surface area (Å²) in [5.74, 6) is 1.11. The number of piperidine rings is 1. The first-order valence-electron chi connectivity index (χ1n) is 11.1. The molecule has 2 aromatic carbocycles. The number of hydrogen-bond donors (Lipinski definition) is 3. The van der Waals surface area contributed by atoms with E-state index in [1.54, 1.807) is 25.3 Å². The van der Waals surface area contributed by atoms with Gasteiger partial charge in [0.05, 0.1) is 25.9 Å². The van der Waals surface area contributed by atoms with Crippen LogP contribution in [-0.4, -0.2) is 55.1 Å². The average Bonchev–Trinajstić information content (AvgIpc) is 2.78. The Bertz CT molecular complexity index is 906. The number of benzene rings is 2. The zero-order valence-corrected chi connectivity index (χ0v) is 18.9. The molecule has 3 N–H and O–H groups in total. The van der Waals surface area contributed by atoms with Gasteiger partial charge < -0.3 is 20.5 Å². The lowest BCUT2D eigenvalue weighted by Gasteiger charge is -2.31. The highest BCUT2D eigenvalue weighted by atomic mass is 16.5. The number of phenols is 1. The van der Waals surface area contributed by atoms with Gasteiger partial charge in [0.25, 0.3) is 0 Å². The second-order valence-electron chi connectivity index (χ2n) is 8.45. The van der Waals surface area contributed by atoms with E-state index in [9.17, 15) is 14.7 Å². The molecule has 0 radical (unpaired) electrons. The summed E-state index contributed by atoms with van der Waals surface area (Å²) in [6, 6.07) is 13.0. The quantitative estimate of drug-likeness (QED) is 0.559. The second kappa shape index (κ2) is 11.5. The number of anilines is 1. The minimum atomic E-state index is -0.282. The van der Waals surface area contributed by atoms with Crippen LogP contribution in [0.4, 0.5) is 5.69 Å².